The maximum atomic E-state index is 11.4. The van der Waals surface area contributed by atoms with Crippen molar-refractivity contribution >= 4 is 21.7 Å². The van der Waals surface area contributed by atoms with Crippen LogP contribution in [0.2, 0.25) is 0 Å². The van der Waals surface area contributed by atoms with Crippen molar-refractivity contribution in [3.8, 4) is 0 Å². The van der Waals surface area contributed by atoms with Crippen LogP contribution in [-0.2, 0) is 4.79 Å². The summed E-state index contributed by atoms with van der Waals surface area (Å²) in [4.78, 5) is 11.9. The number of allylic oxidation sites excluding steroid dienone is 2. The number of ketones is 1. The SMILES string of the molecule is CCCCCC1=CC(Br)CCC1=O. The summed E-state index contributed by atoms with van der Waals surface area (Å²) < 4.78 is 0. The molecule has 1 unspecified atom stereocenters. The van der Waals surface area contributed by atoms with E-state index in [1.54, 1.807) is 0 Å². The van der Waals surface area contributed by atoms with Crippen LogP contribution >= 0.6 is 15.9 Å². The van der Waals surface area contributed by atoms with E-state index < -0.39 is 0 Å². The first-order chi connectivity index (χ1) is 6.24. The monoisotopic (exact) mass is 244 g/mol. The Labute approximate surface area is 88.7 Å². The van der Waals surface area contributed by atoms with Gasteiger partial charge in [0, 0.05) is 11.2 Å². The minimum atomic E-state index is 0.367. The zero-order chi connectivity index (χ0) is 9.68. The predicted molar refractivity (Wildman–Crippen MR) is 59.2 cm³/mol. The van der Waals surface area contributed by atoms with Gasteiger partial charge in [0.1, 0.15) is 0 Å². The summed E-state index contributed by atoms with van der Waals surface area (Å²) in [5.41, 5.74) is 1.06. The number of carbonyl (C=O) groups excluding carboxylic acids is 1. The predicted octanol–water partition coefficient (Wildman–Crippen LogP) is 3.62. The molecule has 1 atom stereocenters. The van der Waals surface area contributed by atoms with Gasteiger partial charge in [-0.05, 0) is 24.8 Å². The van der Waals surface area contributed by atoms with Crippen molar-refractivity contribution in [1.29, 1.82) is 0 Å². The van der Waals surface area contributed by atoms with Crippen molar-refractivity contribution in [2.24, 2.45) is 0 Å². The Kier molecular flexibility index (Phi) is 4.71. The largest absolute Gasteiger partial charge is 0.295 e. The van der Waals surface area contributed by atoms with Crippen LogP contribution in [0.3, 0.4) is 0 Å². The number of hydrogen-bond donors (Lipinski definition) is 0. The van der Waals surface area contributed by atoms with E-state index in [0.29, 0.717) is 10.6 Å². The lowest BCUT2D eigenvalue weighted by molar-refractivity contribution is -0.116. The molecule has 13 heavy (non-hydrogen) atoms. The number of alkyl halides is 1. The zero-order valence-corrected chi connectivity index (χ0v) is 9.77. The van der Waals surface area contributed by atoms with Crippen LogP contribution in [0.5, 0.6) is 0 Å². The highest BCUT2D eigenvalue weighted by Gasteiger charge is 2.17. The molecule has 1 aliphatic rings. The molecular weight excluding hydrogens is 228 g/mol. The van der Waals surface area contributed by atoms with Crippen molar-refractivity contribution in [2.45, 2.75) is 50.3 Å². The van der Waals surface area contributed by atoms with Crippen LogP contribution in [0.25, 0.3) is 0 Å². The molecule has 0 aromatic rings. The highest BCUT2D eigenvalue weighted by Crippen LogP contribution is 2.23. The van der Waals surface area contributed by atoms with Crippen LogP contribution in [-0.4, -0.2) is 10.6 Å². The van der Waals surface area contributed by atoms with E-state index in [0.717, 1.165) is 31.3 Å². The number of hydrogen-bond acceptors (Lipinski definition) is 1. The van der Waals surface area contributed by atoms with E-state index in [1.807, 2.05) is 0 Å². The highest BCUT2D eigenvalue weighted by atomic mass is 79.9. The molecule has 0 aliphatic heterocycles. The van der Waals surface area contributed by atoms with Crippen molar-refractivity contribution in [1.82, 2.24) is 0 Å². The second-order valence-electron chi connectivity index (χ2n) is 3.63. The molecule has 0 saturated carbocycles. The molecule has 0 aromatic heterocycles. The number of carbonyl (C=O) groups is 1. The smallest absolute Gasteiger partial charge is 0.158 e. The Morgan fingerprint density at radius 2 is 2.31 bits per heavy atom. The van der Waals surface area contributed by atoms with Gasteiger partial charge in [-0.2, -0.15) is 0 Å². The Bertz CT molecular complexity index is 208. The summed E-state index contributed by atoms with van der Waals surface area (Å²) in [5.74, 6) is 0.367. The van der Waals surface area contributed by atoms with Crippen LogP contribution in [0.1, 0.15) is 45.4 Å². The summed E-state index contributed by atoms with van der Waals surface area (Å²) in [6, 6.07) is 0. The van der Waals surface area contributed by atoms with E-state index in [9.17, 15) is 4.79 Å². The van der Waals surface area contributed by atoms with E-state index in [4.69, 9.17) is 0 Å². The molecule has 0 N–H and O–H groups in total. The summed E-state index contributed by atoms with van der Waals surface area (Å²) in [6.45, 7) is 2.18. The lowest BCUT2D eigenvalue weighted by atomic mass is 9.94. The van der Waals surface area contributed by atoms with Gasteiger partial charge in [0.15, 0.2) is 5.78 Å². The van der Waals surface area contributed by atoms with Gasteiger partial charge in [-0.15, -0.1) is 0 Å². The van der Waals surface area contributed by atoms with Crippen LogP contribution in [0.15, 0.2) is 11.6 Å². The highest BCUT2D eigenvalue weighted by molar-refractivity contribution is 9.09. The fraction of sp³-hybridized carbons (Fsp3) is 0.727. The molecular formula is C11H17BrO. The molecule has 1 rings (SSSR count). The maximum Gasteiger partial charge on any atom is 0.158 e. The van der Waals surface area contributed by atoms with E-state index in [1.165, 1.54) is 12.8 Å². The van der Waals surface area contributed by atoms with Gasteiger partial charge in [-0.25, -0.2) is 0 Å². The molecule has 2 heteroatoms. The molecule has 0 fully saturated rings. The minimum absolute atomic E-state index is 0.367. The summed E-state index contributed by atoms with van der Waals surface area (Å²) in [5, 5.41) is 0. The molecule has 0 amide bonds. The first kappa shape index (κ1) is 11.0. The Morgan fingerprint density at radius 1 is 1.54 bits per heavy atom. The number of rotatable bonds is 4. The third-order valence-electron chi connectivity index (χ3n) is 2.44. The fourth-order valence-electron chi connectivity index (χ4n) is 1.61. The van der Waals surface area contributed by atoms with E-state index in [2.05, 4.69) is 28.9 Å². The summed E-state index contributed by atoms with van der Waals surface area (Å²) in [7, 11) is 0. The van der Waals surface area contributed by atoms with Crippen LogP contribution < -0.4 is 0 Å². The Morgan fingerprint density at radius 3 is 3.00 bits per heavy atom. The molecule has 1 nitrogen and oxygen atoms in total. The summed E-state index contributed by atoms with van der Waals surface area (Å²) in [6.07, 6.45) is 8.39. The fourth-order valence-corrected chi connectivity index (χ4v) is 2.16. The normalized spacial score (nSPS) is 23.1. The van der Waals surface area contributed by atoms with Gasteiger partial charge >= 0.3 is 0 Å². The van der Waals surface area contributed by atoms with Crippen molar-refractivity contribution in [2.75, 3.05) is 0 Å². The zero-order valence-electron chi connectivity index (χ0n) is 8.18. The van der Waals surface area contributed by atoms with Crippen molar-refractivity contribution in [3.63, 3.8) is 0 Å². The summed E-state index contributed by atoms with van der Waals surface area (Å²) >= 11 is 3.54. The standard InChI is InChI=1S/C11H17BrO/c1-2-3-4-5-9-8-10(12)6-7-11(9)13/h8,10H,2-7H2,1H3. The Hall–Kier alpha value is -0.110. The minimum Gasteiger partial charge on any atom is -0.295 e. The van der Waals surface area contributed by atoms with Gasteiger partial charge in [0.05, 0.1) is 0 Å². The average molecular weight is 245 g/mol. The second kappa shape index (κ2) is 5.58. The number of unbranched alkanes of at least 4 members (excludes halogenated alkanes) is 2. The van der Waals surface area contributed by atoms with Crippen LogP contribution in [0, 0.1) is 0 Å². The van der Waals surface area contributed by atoms with Gasteiger partial charge in [-0.1, -0.05) is 41.8 Å². The first-order valence-corrected chi connectivity index (χ1v) is 6.03. The van der Waals surface area contributed by atoms with Crippen molar-refractivity contribution < 1.29 is 4.79 Å². The molecule has 1 aliphatic carbocycles. The van der Waals surface area contributed by atoms with Gasteiger partial charge in [0.2, 0.25) is 0 Å². The molecule has 0 spiro atoms. The van der Waals surface area contributed by atoms with Crippen molar-refractivity contribution in [3.05, 3.63) is 11.6 Å². The lowest BCUT2D eigenvalue weighted by Crippen LogP contribution is -2.13. The third-order valence-corrected chi connectivity index (χ3v) is 3.16. The number of halogens is 1. The maximum absolute atomic E-state index is 11.4. The molecule has 0 saturated heterocycles. The number of Topliss-reactive ketones (excluding diaryl/α,β-unsaturated/α-hetero) is 1. The first-order valence-electron chi connectivity index (χ1n) is 5.12. The third kappa shape index (κ3) is 3.63. The average Bonchev–Trinajstić information content (AvgIpc) is 2.11. The molecule has 74 valence electrons. The lowest BCUT2D eigenvalue weighted by Gasteiger charge is -2.15. The molecule has 0 heterocycles. The van der Waals surface area contributed by atoms with E-state index >= 15 is 0 Å². The van der Waals surface area contributed by atoms with E-state index in [-0.39, 0.29) is 0 Å². The van der Waals surface area contributed by atoms with Gasteiger partial charge in [-0.3, -0.25) is 4.79 Å². The quantitative estimate of drug-likeness (QED) is 0.546. The topological polar surface area (TPSA) is 17.1 Å². The van der Waals surface area contributed by atoms with Gasteiger partial charge < -0.3 is 0 Å². The molecule has 0 bridgehead atoms. The van der Waals surface area contributed by atoms with Crippen LogP contribution in [0.4, 0.5) is 0 Å². The van der Waals surface area contributed by atoms with Gasteiger partial charge in [0.25, 0.3) is 0 Å². The molecule has 0 aromatic carbocycles. The molecule has 0 radical (unpaired) electrons. The second-order valence-corrected chi connectivity index (χ2v) is 4.80. The Balaban J connectivity index is 2.41.